The summed E-state index contributed by atoms with van der Waals surface area (Å²) in [5.41, 5.74) is 0. The monoisotopic (exact) mass is 414 g/mol. The second-order valence-corrected chi connectivity index (χ2v) is 9.04. The summed E-state index contributed by atoms with van der Waals surface area (Å²) < 4.78 is 5.06. The summed E-state index contributed by atoms with van der Waals surface area (Å²) in [4.78, 5) is 12.4. The fraction of sp³-hybridized carbons (Fsp3) is 0.0952. The average Bonchev–Trinajstić information content (AvgIpc) is 2.68. The van der Waals surface area contributed by atoms with E-state index in [1.165, 1.54) is 23.0 Å². The van der Waals surface area contributed by atoms with E-state index < -0.39 is 7.26 Å². The van der Waals surface area contributed by atoms with Crippen LogP contribution in [-0.2, 0) is 9.53 Å². The third-order valence-corrected chi connectivity index (χ3v) is 8.46. The van der Waals surface area contributed by atoms with Crippen molar-refractivity contribution in [1.82, 2.24) is 0 Å². The molecule has 0 aliphatic rings. The SMILES string of the molecule is COC(=O)C[P+](c1ccccc1)(c1ccccc1)c1ccccc1.[Br-]. The molecule has 128 valence electrons. The molecule has 0 spiro atoms. The Morgan fingerprint density at radius 3 is 1.32 bits per heavy atom. The molecule has 2 nitrogen and oxygen atoms in total. The van der Waals surface area contributed by atoms with E-state index in [-0.39, 0.29) is 23.0 Å². The van der Waals surface area contributed by atoms with Gasteiger partial charge in [0.1, 0.15) is 23.2 Å². The summed E-state index contributed by atoms with van der Waals surface area (Å²) in [6.45, 7) is 0. The molecule has 0 bridgehead atoms. The van der Waals surface area contributed by atoms with Gasteiger partial charge in [0.05, 0.1) is 7.11 Å². The summed E-state index contributed by atoms with van der Waals surface area (Å²) in [5.74, 6) is -0.181. The van der Waals surface area contributed by atoms with Gasteiger partial charge in [-0.3, -0.25) is 0 Å². The van der Waals surface area contributed by atoms with Crippen molar-refractivity contribution in [3.05, 3.63) is 91.0 Å². The summed E-state index contributed by atoms with van der Waals surface area (Å²) in [6, 6.07) is 31.0. The highest BCUT2D eigenvalue weighted by Gasteiger charge is 2.47. The number of ether oxygens (including phenoxy) is 1. The summed E-state index contributed by atoms with van der Waals surface area (Å²) in [7, 11) is -0.644. The topological polar surface area (TPSA) is 26.3 Å². The molecule has 3 aromatic rings. The van der Waals surface area contributed by atoms with Crippen molar-refractivity contribution in [2.45, 2.75) is 0 Å². The lowest BCUT2D eigenvalue weighted by atomic mass is 10.4. The molecule has 25 heavy (non-hydrogen) atoms. The molecule has 0 heterocycles. The number of hydrogen-bond donors (Lipinski definition) is 0. The van der Waals surface area contributed by atoms with E-state index >= 15 is 0 Å². The highest BCUT2D eigenvalue weighted by atomic mass is 79.9. The molecule has 0 amide bonds. The molecule has 0 fully saturated rings. The van der Waals surface area contributed by atoms with Crippen molar-refractivity contribution in [3.8, 4) is 0 Å². The van der Waals surface area contributed by atoms with Crippen LogP contribution in [0, 0.1) is 0 Å². The number of halogens is 1. The Hall–Kier alpha value is -1.96. The molecule has 0 N–H and O–H groups in total. The van der Waals surface area contributed by atoms with Crippen molar-refractivity contribution in [3.63, 3.8) is 0 Å². The maximum atomic E-state index is 12.4. The summed E-state index contributed by atoms with van der Waals surface area (Å²) in [5, 5.41) is 3.56. The minimum absolute atomic E-state index is 0. The van der Waals surface area contributed by atoms with Gasteiger partial charge in [-0.25, -0.2) is 4.79 Å². The molecule has 4 heteroatoms. The quantitative estimate of drug-likeness (QED) is 0.439. The van der Waals surface area contributed by atoms with Crippen LogP contribution < -0.4 is 32.9 Å². The number of rotatable bonds is 5. The zero-order valence-electron chi connectivity index (χ0n) is 14.0. The van der Waals surface area contributed by atoms with E-state index in [1.807, 2.05) is 54.6 Å². The molecule has 0 aliphatic carbocycles. The van der Waals surface area contributed by atoms with E-state index in [4.69, 9.17) is 4.74 Å². The Morgan fingerprint density at radius 2 is 1.04 bits per heavy atom. The fourth-order valence-electron chi connectivity index (χ4n) is 3.03. The first kappa shape index (κ1) is 19.4. The largest absolute Gasteiger partial charge is 1.00 e. The van der Waals surface area contributed by atoms with Crippen molar-refractivity contribution in [1.29, 1.82) is 0 Å². The van der Waals surface area contributed by atoms with Crippen molar-refractivity contribution < 1.29 is 26.5 Å². The van der Waals surface area contributed by atoms with Crippen LogP contribution in [0.2, 0.25) is 0 Å². The van der Waals surface area contributed by atoms with Gasteiger partial charge in [0.2, 0.25) is 0 Å². The Labute approximate surface area is 160 Å². The number of esters is 1. The van der Waals surface area contributed by atoms with Gasteiger partial charge >= 0.3 is 5.97 Å². The van der Waals surface area contributed by atoms with Gasteiger partial charge in [-0.15, -0.1) is 0 Å². The number of carbonyl (C=O) groups is 1. The Bertz CT molecular complexity index is 695. The Morgan fingerprint density at radius 1 is 0.720 bits per heavy atom. The molecule has 0 saturated heterocycles. The number of methoxy groups -OCH3 is 1. The van der Waals surface area contributed by atoms with Crippen LogP contribution in [0.1, 0.15) is 0 Å². The molecule has 0 atom stereocenters. The first-order valence-corrected chi connectivity index (χ1v) is 9.86. The van der Waals surface area contributed by atoms with Crippen molar-refractivity contribution in [2.24, 2.45) is 0 Å². The van der Waals surface area contributed by atoms with Gasteiger partial charge in [0, 0.05) is 0 Å². The van der Waals surface area contributed by atoms with Crippen LogP contribution in [0.4, 0.5) is 0 Å². The lowest BCUT2D eigenvalue weighted by molar-refractivity contribution is -0.137. The predicted molar refractivity (Wildman–Crippen MR) is 102 cm³/mol. The van der Waals surface area contributed by atoms with Crippen molar-refractivity contribution >= 4 is 29.1 Å². The minimum Gasteiger partial charge on any atom is -1.00 e. The third kappa shape index (κ3) is 4.00. The molecular weight excluding hydrogens is 395 g/mol. The molecule has 0 unspecified atom stereocenters. The lowest BCUT2D eigenvalue weighted by Crippen LogP contribution is -3.00. The lowest BCUT2D eigenvalue weighted by Gasteiger charge is -2.26. The van der Waals surface area contributed by atoms with Crippen LogP contribution in [-0.4, -0.2) is 19.2 Å². The minimum atomic E-state index is -2.10. The highest BCUT2D eigenvalue weighted by molar-refractivity contribution is 7.96. The Kier molecular flexibility index (Phi) is 6.92. The average molecular weight is 415 g/mol. The smallest absolute Gasteiger partial charge is 0.344 e. The fourth-order valence-corrected chi connectivity index (χ4v) is 7.03. The zero-order chi connectivity index (χ0) is 16.8. The summed E-state index contributed by atoms with van der Waals surface area (Å²) in [6.07, 6.45) is 0.363. The van der Waals surface area contributed by atoms with Crippen LogP contribution in [0.5, 0.6) is 0 Å². The predicted octanol–water partition coefficient (Wildman–Crippen LogP) is 0.158. The van der Waals surface area contributed by atoms with Gasteiger partial charge in [-0.1, -0.05) is 54.6 Å². The number of hydrogen-bond acceptors (Lipinski definition) is 2. The van der Waals surface area contributed by atoms with E-state index in [9.17, 15) is 4.79 Å². The summed E-state index contributed by atoms with van der Waals surface area (Å²) >= 11 is 0. The van der Waals surface area contributed by atoms with Crippen LogP contribution in [0.25, 0.3) is 0 Å². The van der Waals surface area contributed by atoms with E-state index in [1.54, 1.807) is 0 Å². The molecule has 3 aromatic carbocycles. The highest BCUT2D eigenvalue weighted by Crippen LogP contribution is 2.55. The molecule has 0 aromatic heterocycles. The standard InChI is InChI=1S/C21H20O2P.BrH/c1-23-21(22)17-24(18-11-5-2-6-12-18,19-13-7-3-8-14-19)20-15-9-4-10-16-20;/h2-16H,17H2,1H3;1H/q+1;/p-1. The van der Waals surface area contributed by atoms with Gasteiger partial charge in [-0.05, 0) is 36.4 Å². The molecule has 0 aliphatic heterocycles. The number of carbonyl (C=O) groups excluding carboxylic acids is 1. The van der Waals surface area contributed by atoms with E-state index in [0.717, 1.165) is 0 Å². The van der Waals surface area contributed by atoms with Gasteiger partial charge < -0.3 is 21.7 Å². The first-order valence-electron chi connectivity index (χ1n) is 7.89. The van der Waals surface area contributed by atoms with Gasteiger partial charge in [0.25, 0.3) is 0 Å². The van der Waals surface area contributed by atoms with Crippen molar-refractivity contribution in [2.75, 3.05) is 13.3 Å². The molecule has 0 radical (unpaired) electrons. The number of benzene rings is 3. The van der Waals surface area contributed by atoms with Gasteiger partial charge in [-0.2, -0.15) is 0 Å². The molecule has 3 rings (SSSR count). The molecule has 0 saturated carbocycles. The van der Waals surface area contributed by atoms with Crippen LogP contribution in [0.3, 0.4) is 0 Å². The van der Waals surface area contributed by atoms with Crippen LogP contribution >= 0.6 is 7.26 Å². The first-order chi connectivity index (χ1) is 11.8. The van der Waals surface area contributed by atoms with E-state index in [2.05, 4.69) is 36.4 Å². The zero-order valence-corrected chi connectivity index (χ0v) is 16.5. The normalized spacial score (nSPS) is 10.6. The van der Waals surface area contributed by atoms with E-state index in [0.29, 0.717) is 6.16 Å². The second-order valence-electron chi connectivity index (χ2n) is 5.55. The Balaban J connectivity index is 0.00000225. The third-order valence-electron chi connectivity index (χ3n) is 4.18. The maximum absolute atomic E-state index is 12.4. The molecular formula is C21H20BrO2P. The van der Waals surface area contributed by atoms with Gasteiger partial charge in [0.15, 0.2) is 6.16 Å². The van der Waals surface area contributed by atoms with Crippen LogP contribution in [0.15, 0.2) is 91.0 Å². The second kappa shape index (κ2) is 8.94. The maximum Gasteiger partial charge on any atom is 0.344 e.